The second kappa shape index (κ2) is 10.9. The van der Waals surface area contributed by atoms with E-state index in [1.165, 1.54) is 6.08 Å². The smallest absolute Gasteiger partial charge is 0.331 e. The molecular formula is C12H22N2O3. The number of primary amides is 1. The Labute approximate surface area is 103 Å². The average molecular weight is 242 g/mol. The van der Waals surface area contributed by atoms with E-state index in [1.54, 1.807) is 0 Å². The van der Waals surface area contributed by atoms with Gasteiger partial charge >= 0.3 is 5.97 Å². The van der Waals surface area contributed by atoms with Crippen molar-refractivity contribution in [3.8, 4) is 0 Å². The predicted octanol–water partition coefficient (Wildman–Crippen LogP) is 1.06. The summed E-state index contributed by atoms with van der Waals surface area (Å²) in [5, 5.41) is 0. The first-order chi connectivity index (χ1) is 7.92. The van der Waals surface area contributed by atoms with Gasteiger partial charge in [0.15, 0.2) is 6.23 Å². The molecule has 5 nitrogen and oxygen atoms in total. The van der Waals surface area contributed by atoms with Gasteiger partial charge in [0.25, 0.3) is 0 Å². The third-order valence-corrected chi connectivity index (χ3v) is 1.98. The third-order valence-electron chi connectivity index (χ3n) is 1.98. The number of carbonyl (C=O) groups excluding carboxylic acids is 2. The van der Waals surface area contributed by atoms with E-state index in [4.69, 9.17) is 4.74 Å². The standard InChI is InChI=1S/C9H17NO2.C3H5NO/c1-5-9(11)12-8(4)10(6-2)7-3;1-2-3(4)5/h5,8H,1,6-7H2,2-4H3;2H,1H2,(H2,4,5). The lowest BCUT2D eigenvalue weighted by molar-refractivity contribution is -0.150. The molecule has 0 saturated carbocycles. The van der Waals surface area contributed by atoms with Gasteiger partial charge in [-0.05, 0) is 26.1 Å². The molecule has 98 valence electrons. The molecule has 0 spiro atoms. The molecule has 0 bridgehead atoms. The van der Waals surface area contributed by atoms with E-state index < -0.39 is 5.91 Å². The summed E-state index contributed by atoms with van der Waals surface area (Å²) in [6.07, 6.45) is 2.07. The summed E-state index contributed by atoms with van der Waals surface area (Å²) in [5.41, 5.74) is 4.53. The van der Waals surface area contributed by atoms with E-state index in [0.29, 0.717) is 0 Å². The Morgan fingerprint density at radius 3 is 1.94 bits per heavy atom. The number of nitrogens with two attached hydrogens (primary N) is 1. The molecule has 0 aliphatic carbocycles. The molecular weight excluding hydrogens is 220 g/mol. The Hall–Kier alpha value is -1.62. The normalized spacial score (nSPS) is 10.8. The van der Waals surface area contributed by atoms with Crippen molar-refractivity contribution in [1.82, 2.24) is 4.90 Å². The van der Waals surface area contributed by atoms with Gasteiger partial charge in [-0.15, -0.1) is 0 Å². The Morgan fingerprint density at radius 2 is 1.71 bits per heavy atom. The summed E-state index contributed by atoms with van der Waals surface area (Å²) < 4.78 is 5.01. The number of carbonyl (C=O) groups is 2. The summed E-state index contributed by atoms with van der Waals surface area (Å²) in [6.45, 7) is 14.1. The molecule has 0 aromatic carbocycles. The molecule has 0 aliphatic rings. The monoisotopic (exact) mass is 242 g/mol. The molecule has 2 N–H and O–H groups in total. The van der Waals surface area contributed by atoms with Gasteiger partial charge in [0.2, 0.25) is 5.91 Å². The molecule has 1 unspecified atom stereocenters. The van der Waals surface area contributed by atoms with Gasteiger partial charge in [-0.1, -0.05) is 27.0 Å². The maximum absolute atomic E-state index is 10.8. The summed E-state index contributed by atoms with van der Waals surface area (Å²) in [6, 6.07) is 0. The SMILES string of the molecule is C=CC(=O)OC(C)N(CC)CC.C=CC(N)=O. The number of esters is 1. The van der Waals surface area contributed by atoms with E-state index in [0.717, 1.165) is 19.2 Å². The number of hydrogen-bond acceptors (Lipinski definition) is 4. The van der Waals surface area contributed by atoms with Crippen molar-refractivity contribution >= 4 is 11.9 Å². The molecule has 5 heteroatoms. The largest absolute Gasteiger partial charge is 0.443 e. The van der Waals surface area contributed by atoms with Gasteiger partial charge < -0.3 is 10.5 Å². The minimum absolute atomic E-state index is 0.162. The Morgan fingerprint density at radius 1 is 1.29 bits per heavy atom. The predicted molar refractivity (Wildman–Crippen MR) is 68.1 cm³/mol. The van der Waals surface area contributed by atoms with Crippen LogP contribution in [0.15, 0.2) is 25.3 Å². The van der Waals surface area contributed by atoms with Crippen molar-refractivity contribution in [2.75, 3.05) is 13.1 Å². The molecule has 0 aromatic heterocycles. The van der Waals surface area contributed by atoms with Crippen LogP contribution in [0.4, 0.5) is 0 Å². The lowest BCUT2D eigenvalue weighted by Crippen LogP contribution is -2.35. The minimum atomic E-state index is -0.481. The van der Waals surface area contributed by atoms with Crippen LogP contribution in [0.1, 0.15) is 20.8 Å². The van der Waals surface area contributed by atoms with Crippen molar-refractivity contribution in [2.45, 2.75) is 27.0 Å². The first-order valence-corrected chi connectivity index (χ1v) is 5.41. The van der Waals surface area contributed by atoms with Crippen LogP contribution in [0.2, 0.25) is 0 Å². The first kappa shape index (κ1) is 17.8. The van der Waals surface area contributed by atoms with Crippen molar-refractivity contribution < 1.29 is 14.3 Å². The molecule has 17 heavy (non-hydrogen) atoms. The fourth-order valence-electron chi connectivity index (χ4n) is 1.03. The summed E-state index contributed by atoms with van der Waals surface area (Å²) in [4.78, 5) is 22.3. The molecule has 0 radical (unpaired) electrons. The van der Waals surface area contributed by atoms with Gasteiger partial charge in [-0.3, -0.25) is 9.69 Å². The zero-order valence-corrected chi connectivity index (χ0v) is 10.8. The maximum atomic E-state index is 10.8. The highest BCUT2D eigenvalue weighted by molar-refractivity contribution is 5.85. The second-order valence-electron chi connectivity index (χ2n) is 3.07. The number of nitrogens with zero attached hydrogens (tertiary/aromatic N) is 1. The average Bonchev–Trinajstić information content (AvgIpc) is 2.31. The van der Waals surface area contributed by atoms with E-state index in [9.17, 15) is 9.59 Å². The van der Waals surface area contributed by atoms with Crippen LogP contribution in [-0.4, -0.2) is 36.1 Å². The van der Waals surface area contributed by atoms with Crippen molar-refractivity contribution in [3.05, 3.63) is 25.3 Å². The van der Waals surface area contributed by atoms with Gasteiger partial charge in [-0.25, -0.2) is 4.79 Å². The number of hydrogen-bond donors (Lipinski definition) is 1. The summed E-state index contributed by atoms with van der Waals surface area (Å²) in [7, 11) is 0. The molecule has 1 amide bonds. The molecule has 1 atom stereocenters. The molecule has 0 aromatic rings. The lowest BCUT2D eigenvalue weighted by Gasteiger charge is -2.25. The van der Waals surface area contributed by atoms with Crippen molar-refractivity contribution in [3.63, 3.8) is 0 Å². The molecule has 0 fully saturated rings. The maximum Gasteiger partial charge on any atom is 0.331 e. The summed E-state index contributed by atoms with van der Waals surface area (Å²) in [5.74, 6) is -0.848. The van der Waals surface area contributed by atoms with Crippen LogP contribution in [-0.2, 0) is 14.3 Å². The Balaban J connectivity index is 0. The number of amides is 1. The van der Waals surface area contributed by atoms with Crippen LogP contribution >= 0.6 is 0 Å². The third kappa shape index (κ3) is 10.7. The van der Waals surface area contributed by atoms with Gasteiger partial charge in [0.05, 0.1) is 0 Å². The van der Waals surface area contributed by atoms with E-state index in [2.05, 4.69) is 18.9 Å². The highest BCUT2D eigenvalue weighted by Gasteiger charge is 2.12. The Bertz CT molecular complexity index is 260. The highest BCUT2D eigenvalue weighted by Crippen LogP contribution is 2.00. The zero-order chi connectivity index (χ0) is 13.8. The molecule has 0 heterocycles. The Kier molecular flexibility index (Phi) is 11.4. The van der Waals surface area contributed by atoms with Crippen LogP contribution in [0.25, 0.3) is 0 Å². The number of rotatable bonds is 6. The van der Waals surface area contributed by atoms with E-state index in [-0.39, 0.29) is 12.2 Å². The summed E-state index contributed by atoms with van der Waals surface area (Å²) >= 11 is 0. The fraction of sp³-hybridized carbons (Fsp3) is 0.500. The lowest BCUT2D eigenvalue weighted by atomic mass is 10.4. The topological polar surface area (TPSA) is 72.6 Å². The van der Waals surface area contributed by atoms with Crippen LogP contribution in [0.3, 0.4) is 0 Å². The molecule has 0 saturated heterocycles. The zero-order valence-electron chi connectivity index (χ0n) is 10.8. The second-order valence-corrected chi connectivity index (χ2v) is 3.07. The quantitative estimate of drug-likeness (QED) is 0.429. The minimum Gasteiger partial charge on any atom is -0.443 e. The molecule has 0 rings (SSSR count). The fourth-order valence-corrected chi connectivity index (χ4v) is 1.03. The van der Waals surface area contributed by atoms with E-state index in [1.807, 2.05) is 25.7 Å². The van der Waals surface area contributed by atoms with Crippen molar-refractivity contribution in [2.24, 2.45) is 5.73 Å². The van der Waals surface area contributed by atoms with Crippen molar-refractivity contribution in [1.29, 1.82) is 0 Å². The first-order valence-electron chi connectivity index (χ1n) is 5.41. The molecule has 0 aliphatic heterocycles. The van der Waals surface area contributed by atoms with Crippen LogP contribution in [0, 0.1) is 0 Å². The van der Waals surface area contributed by atoms with Gasteiger partial charge in [0.1, 0.15) is 0 Å². The van der Waals surface area contributed by atoms with Crippen LogP contribution in [0.5, 0.6) is 0 Å². The van der Waals surface area contributed by atoms with Gasteiger partial charge in [0, 0.05) is 6.08 Å². The number of ether oxygens (including phenoxy) is 1. The highest BCUT2D eigenvalue weighted by atomic mass is 16.6. The van der Waals surface area contributed by atoms with E-state index >= 15 is 0 Å². The van der Waals surface area contributed by atoms with Gasteiger partial charge in [-0.2, -0.15) is 0 Å². The van der Waals surface area contributed by atoms with Crippen LogP contribution < -0.4 is 5.73 Å².